The number of hydrogen-bond acceptors (Lipinski definition) is 6. The molecule has 1 aliphatic rings. The Kier molecular flexibility index (Phi) is 4.89. The summed E-state index contributed by atoms with van der Waals surface area (Å²) in [6, 6.07) is 5.77. The van der Waals surface area contributed by atoms with Crippen LogP contribution in [0.15, 0.2) is 24.4 Å². The highest BCUT2D eigenvalue weighted by molar-refractivity contribution is 5.88. The van der Waals surface area contributed by atoms with E-state index in [0.29, 0.717) is 5.88 Å². The summed E-state index contributed by atoms with van der Waals surface area (Å²) in [6.45, 7) is 7.20. The summed E-state index contributed by atoms with van der Waals surface area (Å²) in [4.78, 5) is 25.2. The SMILES string of the molecule is COc1ccc2nccc(N3CCC(N(C)C(=O)OC(C)(C)C)C3)c2n1. The molecule has 7 heteroatoms. The zero-order chi connectivity index (χ0) is 18.9. The van der Waals surface area contributed by atoms with Gasteiger partial charge in [-0.25, -0.2) is 9.78 Å². The lowest BCUT2D eigenvalue weighted by molar-refractivity contribution is 0.0238. The summed E-state index contributed by atoms with van der Waals surface area (Å²) in [5.74, 6) is 0.563. The van der Waals surface area contributed by atoms with Gasteiger partial charge in [0.15, 0.2) is 0 Å². The number of aromatic nitrogens is 2. The van der Waals surface area contributed by atoms with Crippen molar-refractivity contribution in [3.05, 3.63) is 24.4 Å². The molecule has 1 fully saturated rings. The summed E-state index contributed by atoms with van der Waals surface area (Å²) >= 11 is 0. The summed E-state index contributed by atoms with van der Waals surface area (Å²) < 4.78 is 10.7. The van der Waals surface area contributed by atoms with Crippen molar-refractivity contribution >= 4 is 22.8 Å². The molecule has 0 radical (unpaired) electrons. The Balaban J connectivity index is 1.78. The van der Waals surface area contributed by atoms with Gasteiger partial charge >= 0.3 is 6.09 Å². The van der Waals surface area contributed by atoms with Crippen LogP contribution in [0.4, 0.5) is 10.5 Å². The molecule has 3 heterocycles. The number of nitrogens with zero attached hydrogens (tertiary/aromatic N) is 4. The van der Waals surface area contributed by atoms with Crippen LogP contribution in [0.2, 0.25) is 0 Å². The number of pyridine rings is 2. The smallest absolute Gasteiger partial charge is 0.410 e. The van der Waals surface area contributed by atoms with Gasteiger partial charge in [-0.2, -0.15) is 0 Å². The molecule has 1 atom stereocenters. The largest absolute Gasteiger partial charge is 0.481 e. The molecule has 2 aromatic rings. The highest BCUT2D eigenvalue weighted by Gasteiger charge is 2.31. The van der Waals surface area contributed by atoms with Crippen molar-refractivity contribution in [2.45, 2.75) is 38.8 Å². The number of anilines is 1. The predicted molar refractivity (Wildman–Crippen MR) is 101 cm³/mol. The molecule has 1 unspecified atom stereocenters. The molecule has 1 saturated heterocycles. The monoisotopic (exact) mass is 358 g/mol. The maximum Gasteiger partial charge on any atom is 0.410 e. The molecule has 140 valence electrons. The van der Waals surface area contributed by atoms with Crippen LogP contribution in [0, 0.1) is 0 Å². The first-order valence-electron chi connectivity index (χ1n) is 8.79. The van der Waals surface area contributed by atoms with Gasteiger partial charge in [0.25, 0.3) is 0 Å². The number of likely N-dealkylation sites (N-methyl/N-ethyl adjacent to an activating group) is 1. The van der Waals surface area contributed by atoms with Crippen LogP contribution >= 0.6 is 0 Å². The second kappa shape index (κ2) is 6.97. The van der Waals surface area contributed by atoms with Gasteiger partial charge in [0.1, 0.15) is 11.1 Å². The molecule has 0 aromatic carbocycles. The van der Waals surface area contributed by atoms with Crippen molar-refractivity contribution in [3.8, 4) is 5.88 Å². The molecule has 0 spiro atoms. The third-order valence-corrected chi connectivity index (χ3v) is 4.48. The fourth-order valence-corrected chi connectivity index (χ4v) is 3.12. The van der Waals surface area contributed by atoms with Crippen LogP contribution in [0.3, 0.4) is 0 Å². The predicted octanol–water partition coefficient (Wildman–Crippen LogP) is 3.08. The molecule has 1 aliphatic heterocycles. The minimum atomic E-state index is -0.495. The number of carbonyl (C=O) groups excluding carboxylic acids is 1. The third kappa shape index (κ3) is 3.81. The van der Waals surface area contributed by atoms with E-state index in [9.17, 15) is 4.79 Å². The van der Waals surface area contributed by atoms with Gasteiger partial charge in [0.05, 0.1) is 24.4 Å². The van der Waals surface area contributed by atoms with Crippen LogP contribution in [0.5, 0.6) is 5.88 Å². The second-order valence-electron chi connectivity index (χ2n) is 7.53. The molecular weight excluding hydrogens is 332 g/mol. The first-order chi connectivity index (χ1) is 12.3. The number of ether oxygens (including phenoxy) is 2. The molecular formula is C19H26N4O3. The van der Waals surface area contributed by atoms with Gasteiger partial charge in [0, 0.05) is 32.4 Å². The Morgan fingerprint density at radius 1 is 1.31 bits per heavy atom. The maximum atomic E-state index is 12.3. The number of hydrogen-bond donors (Lipinski definition) is 0. The van der Waals surface area contributed by atoms with E-state index in [-0.39, 0.29) is 12.1 Å². The lowest BCUT2D eigenvalue weighted by Gasteiger charge is -2.29. The van der Waals surface area contributed by atoms with Crippen molar-refractivity contribution in [2.24, 2.45) is 0 Å². The zero-order valence-electron chi connectivity index (χ0n) is 16.0. The van der Waals surface area contributed by atoms with Gasteiger partial charge in [-0.15, -0.1) is 0 Å². The standard InChI is InChI=1S/C19H26N4O3/c1-19(2,3)26-18(24)22(4)13-9-11-23(12-13)15-8-10-20-14-6-7-16(25-5)21-17(14)15/h6-8,10,13H,9,11-12H2,1-5H3. The highest BCUT2D eigenvalue weighted by atomic mass is 16.6. The Morgan fingerprint density at radius 3 is 2.77 bits per heavy atom. The number of methoxy groups -OCH3 is 1. The van der Waals surface area contributed by atoms with E-state index in [2.05, 4.69) is 14.9 Å². The van der Waals surface area contributed by atoms with Crippen LogP contribution in [-0.2, 0) is 4.74 Å². The molecule has 0 N–H and O–H groups in total. The quantitative estimate of drug-likeness (QED) is 0.840. The number of rotatable bonds is 3. The van der Waals surface area contributed by atoms with Crippen molar-refractivity contribution in [1.29, 1.82) is 0 Å². The number of fused-ring (bicyclic) bond motifs is 1. The molecule has 26 heavy (non-hydrogen) atoms. The molecule has 0 aliphatic carbocycles. The van der Waals surface area contributed by atoms with Gasteiger partial charge in [-0.1, -0.05) is 0 Å². The number of carbonyl (C=O) groups is 1. The van der Waals surface area contributed by atoms with E-state index in [1.54, 1.807) is 25.3 Å². The van der Waals surface area contributed by atoms with Crippen LogP contribution in [0.1, 0.15) is 27.2 Å². The average Bonchev–Trinajstić information content (AvgIpc) is 3.08. The van der Waals surface area contributed by atoms with Gasteiger partial charge < -0.3 is 19.3 Å². The van der Waals surface area contributed by atoms with Crippen LogP contribution in [0.25, 0.3) is 11.0 Å². The maximum absolute atomic E-state index is 12.3. The summed E-state index contributed by atoms with van der Waals surface area (Å²) in [5.41, 5.74) is 2.15. The van der Waals surface area contributed by atoms with Crippen molar-refractivity contribution < 1.29 is 14.3 Å². The van der Waals surface area contributed by atoms with Crippen molar-refractivity contribution in [1.82, 2.24) is 14.9 Å². The average molecular weight is 358 g/mol. The van der Waals surface area contributed by atoms with Crippen LogP contribution < -0.4 is 9.64 Å². The minimum absolute atomic E-state index is 0.0960. The fraction of sp³-hybridized carbons (Fsp3) is 0.526. The molecule has 0 saturated carbocycles. The first-order valence-corrected chi connectivity index (χ1v) is 8.79. The Morgan fingerprint density at radius 2 is 2.08 bits per heavy atom. The van der Waals surface area contributed by atoms with Gasteiger partial charge in [0.2, 0.25) is 5.88 Å². The molecule has 2 aromatic heterocycles. The van der Waals surface area contributed by atoms with Gasteiger partial charge in [-0.3, -0.25) is 4.98 Å². The first kappa shape index (κ1) is 18.2. The van der Waals surface area contributed by atoms with E-state index in [4.69, 9.17) is 9.47 Å². The summed E-state index contributed by atoms with van der Waals surface area (Å²) in [6.07, 6.45) is 2.38. The summed E-state index contributed by atoms with van der Waals surface area (Å²) in [7, 11) is 3.40. The molecule has 3 rings (SSSR count). The Labute approximate surface area is 153 Å². The molecule has 7 nitrogen and oxygen atoms in total. The highest BCUT2D eigenvalue weighted by Crippen LogP contribution is 2.29. The van der Waals surface area contributed by atoms with E-state index in [1.165, 1.54) is 0 Å². The van der Waals surface area contributed by atoms with Crippen LogP contribution in [-0.4, -0.2) is 59.9 Å². The van der Waals surface area contributed by atoms with E-state index in [1.807, 2.05) is 39.0 Å². The Hall–Kier alpha value is -2.57. The van der Waals surface area contributed by atoms with E-state index < -0.39 is 5.60 Å². The topological polar surface area (TPSA) is 67.8 Å². The molecule has 0 bridgehead atoms. The number of amides is 1. The normalized spacial score (nSPS) is 17.4. The Bertz CT molecular complexity index is 803. The summed E-state index contributed by atoms with van der Waals surface area (Å²) in [5, 5.41) is 0. The van der Waals surface area contributed by atoms with E-state index in [0.717, 1.165) is 36.2 Å². The fourth-order valence-electron chi connectivity index (χ4n) is 3.12. The molecule has 1 amide bonds. The lowest BCUT2D eigenvalue weighted by Crippen LogP contribution is -2.42. The minimum Gasteiger partial charge on any atom is -0.481 e. The van der Waals surface area contributed by atoms with Crippen molar-refractivity contribution in [3.63, 3.8) is 0 Å². The third-order valence-electron chi connectivity index (χ3n) is 4.48. The van der Waals surface area contributed by atoms with E-state index >= 15 is 0 Å². The second-order valence-corrected chi connectivity index (χ2v) is 7.53. The zero-order valence-corrected chi connectivity index (χ0v) is 16.0. The lowest BCUT2D eigenvalue weighted by atomic mass is 10.2. The van der Waals surface area contributed by atoms with Crippen molar-refractivity contribution in [2.75, 3.05) is 32.1 Å². The van der Waals surface area contributed by atoms with Gasteiger partial charge in [-0.05, 0) is 39.3 Å².